The van der Waals surface area contributed by atoms with Gasteiger partial charge in [-0.15, -0.1) is 0 Å². The van der Waals surface area contributed by atoms with E-state index in [1.54, 1.807) is 12.1 Å². The van der Waals surface area contributed by atoms with Crippen LogP contribution < -0.4 is 9.97 Å². The number of benzene rings is 1. The molecule has 7 nitrogen and oxygen atoms in total. The molecule has 1 saturated carbocycles. The predicted octanol–water partition coefficient (Wildman–Crippen LogP) is 1.58. The van der Waals surface area contributed by atoms with Gasteiger partial charge < -0.3 is 25.0 Å². The van der Waals surface area contributed by atoms with E-state index < -0.39 is 19.0 Å². The Morgan fingerprint density at radius 2 is 1.89 bits per heavy atom. The smallest absolute Gasteiger partial charge is 0.534 e. The molecule has 0 bridgehead atoms. The van der Waals surface area contributed by atoms with E-state index in [4.69, 9.17) is 4.65 Å². The van der Waals surface area contributed by atoms with Gasteiger partial charge in [-0.3, -0.25) is 4.79 Å². The van der Waals surface area contributed by atoms with Gasteiger partial charge in [-0.1, -0.05) is 12.1 Å². The lowest BCUT2D eigenvalue weighted by Crippen LogP contribution is -2.53. The van der Waals surface area contributed by atoms with Crippen LogP contribution in [-0.2, 0) is 11.2 Å². The second-order valence-corrected chi connectivity index (χ2v) is 8.34. The zero-order valence-corrected chi connectivity index (χ0v) is 16.6. The van der Waals surface area contributed by atoms with Gasteiger partial charge in [0.2, 0.25) is 5.91 Å². The maximum Gasteiger partial charge on any atom is 0.547 e. The number of hydrogen-bond acceptors (Lipinski definition) is 5. The zero-order valence-electron chi connectivity index (χ0n) is 16.6. The number of carboxylic acid groups (broad SMARTS) is 1. The Hall–Kier alpha value is -2.06. The molecule has 8 heteroatoms. The fourth-order valence-electron chi connectivity index (χ4n) is 4.38. The molecule has 0 saturated heterocycles. The van der Waals surface area contributed by atoms with Crippen molar-refractivity contribution in [3.8, 4) is 5.75 Å². The van der Waals surface area contributed by atoms with Crippen molar-refractivity contribution in [2.75, 3.05) is 20.6 Å². The normalized spacial score (nSPS) is 24.4. The molecule has 28 heavy (non-hydrogen) atoms. The van der Waals surface area contributed by atoms with E-state index in [1.165, 1.54) is 6.07 Å². The van der Waals surface area contributed by atoms with E-state index >= 15 is 0 Å². The first-order chi connectivity index (χ1) is 13.3. The molecule has 0 radical (unpaired) electrons. The summed E-state index contributed by atoms with van der Waals surface area (Å²) in [5.74, 6) is -0.479. The molecule has 3 N–H and O–H groups in total. The predicted molar refractivity (Wildman–Crippen MR) is 106 cm³/mol. The van der Waals surface area contributed by atoms with Gasteiger partial charge in [0.15, 0.2) is 0 Å². The van der Waals surface area contributed by atoms with Crippen LogP contribution in [0.5, 0.6) is 5.75 Å². The van der Waals surface area contributed by atoms with Gasteiger partial charge in [-0.2, -0.15) is 0 Å². The molecule has 1 heterocycles. The van der Waals surface area contributed by atoms with Gasteiger partial charge in [-0.05, 0) is 69.7 Å². The van der Waals surface area contributed by atoms with Crippen LogP contribution >= 0.6 is 0 Å². The number of carbonyl (C=O) groups excluding carboxylic acids is 1. The van der Waals surface area contributed by atoms with Crippen molar-refractivity contribution in [2.24, 2.45) is 11.8 Å². The number of aromatic carboxylic acids is 1. The van der Waals surface area contributed by atoms with Gasteiger partial charge in [0.25, 0.3) is 0 Å². The molecule has 1 atom stereocenters. The molecule has 152 valence electrons. The average Bonchev–Trinajstić information content (AvgIpc) is 2.63. The van der Waals surface area contributed by atoms with Gasteiger partial charge >= 0.3 is 13.1 Å². The summed E-state index contributed by atoms with van der Waals surface area (Å²) in [5.41, 5.74) is 0.704. The lowest BCUT2D eigenvalue weighted by atomic mass is 9.72. The molecule has 1 aromatic carbocycles. The molecular formula is C20H29BN2O5. The SMILES string of the molecule is CN(C)CC1CCC(CC(=O)N[C@H]2Cc3cccc(C(=O)O)c3OB2O)CC1. The number of hydrogen-bond donors (Lipinski definition) is 3. The largest absolute Gasteiger partial charge is 0.547 e. The van der Waals surface area contributed by atoms with E-state index in [1.807, 2.05) is 0 Å². The number of carboxylic acids is 1. The number of nitrogens with one attached hydrogen (secondary N) is 1. The Morgan fingerprint density at radius 3 is 2.54 bits per heavy atom. The van der Waals surface area contributed by atoms with Crippen LogP contribution in [0.25, 0.3) is 0 Å². The first-order valence-electron chi connectivity index (χ1n) is 9.97. The number of amides is 1. The van der Waals surface area contributed by atoms with Crippen molar-refractivity contribution in [2.45, 2.75) is 44.5 Å². The molecule has 0 unspecified atom stereocenters. The second kappa shape index (κ2) is 8.96. The van der Waals surface area contributed by atoms with Crippen LogP contribution in [0.1, 0.15) is 48.0 Å². The second-order valence-electron chi connectivity index (χ2n) is 8.34. The minimum atomic E-state index is -1.26. The van der Waals surface area contributed by atoms with Gasteiger partial charge in [0.05, 0.1) is 11.5 Å². The van der Waals surface area contributed by atoms with Crippen LogP contribution in [0.2, 0.25) is 0 Å². The van der Waals surface area contributed by atoms with Gasteiger partial charge in [0.1, 0.15) is 5.75 Å². The van der Waals surface area contributed by atoms with Crippen molar-refractivity contribution < 1.29 is 24.4 Å². The molecule has 1 aliphatic carbocycles. The van der Waals surface area contributed by atoms with Gasteiger partial charge in [-0.25, -0.2) is 4.79 Å². The maximum absolute atomic E-state index is 12.5. The quantitative estimate of drug-likeness (QED) is 0.640. The van der Waals surface area contributed by atoms with Crippen LogP contribution in [0.3, 0.4) is 0 Å². The number of para-hydroxylation sites is 1. The summed E-state index contributed by atoms with van der Waals surface area (Å²) < 4.78 is 5.43. The summed E-state index contributed by atoms with van der Waals surface area (Å²) in [6.45, 7) is 1.10. The molecule has 0 aromatic heterocycles. The highest BCUT2D eigenvalue weighted by atomic mass is 16.5. The maximum atomic E-state index is 12.5. The fraction of sp³-hybridized carbons (Fsp3) is 0.600. The van der Waals surface area contributed by atoms with Crippen molar-refractivity contribution in [3.05, 3.63) is 29.3 Å². The first kappa shape index (κ1) is 20.7. The highest BCUT2D eigenvalue weighted by molar-refractivity contribution is 6.47. The molecule has 1 aliphatic heterocycles. The van der Waals surface area contributed by atoms with Crippen molar-refractivity contribution in [1.82, 2.24) is 10.2 Å². The topological polar surface area (TPSA) is 99.1 Å². The summed E-state index contributed by atoms with van der Waals surface area (Å²) in [4.78, 5) is 26.0. The first-order valence-corrected chi connectivity index (χ1v) is 9.97. The minimum absolute atomic E-state index is 0.0239. The molecule has 1 fully saturated rings. The minimum Gasteiger partial charge on any atom is -0.534 e. The van der Waals surface area contributed by atoms with Crippen molar-refractivity contribution in [1.29, 1.82) is 0 Å². The molecular weight excluding hydrogens is 359 g/mol. The average molecular weight is 388 g/mol. The molecule has 1 amide bonds. The molecule has 2 aliphatic rings. The Balaban J connectivity index is 1.53. The summed E-state index contributed by atoms with van der Waals surface area (Å²) in [5, 5.41) is 22.4. The number of fused-ring (bicyclic) bond motifs is 1. The van der Waals surface area contributed by atoms with Crippen LogP contribution in [-0.4, -0.2) is 60.6 Å². The van der Waals surface area contributed by atoms with Crippen LogP contribution in [0.4, 0.5) is 0 Å². The van der Waals surface area contributed by atoms with E-state index in [0.717, 1.165) is 32.2 Å². The van der Waals surface area contributed by atoms with Crippen molar-refractivity contribution >= 4 is 19.0 Å². The lowest BCUT2D eigenvalue weighted by Gasteiger charge is -2.31. The van der Waals surface area contributed by atoms with E-state index in [2.05, 4.69) is 24.3 Å². The Kier molecular flexibility index (Phi) is 6.62. The van der Waals surface area contributed by atoms with Crippen LogP contribution in [0.15, 0.2) is 18.2 Å². The summed E-state index contributed by atoms with van der Waals surface area (Å²) >= 11 is 0. The standard InChI is InChI=1S/C20H29BN2O5/c1-23(2)12-14-8-6-13(7-9-14)10-18(24)22-17-11-15-4-3-5-16(20(25)26)19(15)28-21(17)27/h3-5,13-14,17,27H,6-12H2,1-2H3,(H,22,24)(H,25,26)/t13?,14?,17-/m0/s1. The summed E-state index contributed by atoms with van der Waals surface area (Å²) in [7, 11) is 2.93. The van der Waals surface area contributed by atoms with E-state index in [0.29, 0.717) is 30.2 Å². The third kappa shape index (κ3) is 5.05. The molecule has 0 spiro atoms. The Bertz CT molecular complexity index is 719. The third-order valence-corrected chi connectivity index (χ3v) is 5.76. The molecule has 3 rings (SSSR count). The lowest BCUT2D eigenvalue weighted by molar-refractivity contribution is -0.122. The monoisotopic (exact) mass is 388 g/mol. The van der Waals surface area contributed by atoms with E-state index in [-0.39, 0.29) is 17.2 Å². The van der Waals surface area contributed by atoms with Crippen LogP contribution in [0, 0.1) is 11.8 Å². The van der Waals surface area contributed by atoms with Gasteiger partial charge in [0, 0.05) is 13.0 Å². The van der Waals surface area contributed by atoms with Crippen molar-refractivity contribution in [3.63, 3.8) is 0 Å². The Morgan fingerprint density at radius 1 is 1.21 bits per heavy atom. The number of nitrogens with zero attached hydrogens (tertiary/aromatic N) is 1. The Labute approximate surface area is 166 Å². The highest BCUT2D eigenvalue weighted by Gasteiger charge is 2.38. The zero-order chi connectivity index (χ0) is 20.3. The van der Waals surface area contributed by atoms with E-state index in [9.17, 15) is 19.7 Å². The number of carbonyl (C=O) groups is 2. The fourth-order valence-corrected chi connectivity index (χ4v) is 4.38. The molecule has 1 aromatic rings. The highest BCUT2D eigenvalue weighted by Crippen LogP contribution is 2.32. The summed E-state index contributed by atoms with van der Waals surface area (Å²) in [6.07, 6.45) is 5.22. The third-order valence-electron chi connectivity index (χ3n) is 5.76. The summed E-state index contributed by atoms with van der Waals surface area (Å²) in [6, 6.07) is 4.85. The number of rotatable bonds is 6.